The van der Waals surface area contributed by atoms with Gasteiger partial charge in [0.1, 0.15) is 11.9 Å². The second-order valence-corrected chi connectivity index (χ2v) is 19.6. The van der Waals surface area contributed by atoms with E-state index in [-0.39, 0.29) is 35.8 Å². The van der Waals surface area contributed by atoms with Crippen LogP contribution in [0.2, 0.25) is 0 Å². The summed E-state index contributed by atoms with van der Waals surface area (Å²) in [6, 6.07) is 0. The van der Waals surface area contributed by atoms with Crippen LogP contribution in [0.5, 0.6) is 0 Å². The molecule has 4 aliphatic rings. The van der Waals surface area contributed by atoms with Crippen LogP contribution in [0.1, 0.15) is 157 Å². The third-order valence-electron chi connectivity index (χ3n) is 13.5. The quantitative estimate of drug-likeness (QED) is 0.0528. The summed E-state index contributed by atoms with van der Waals surface area (Å²) in [7, 11) is 2.91. The molecule has 0 aliphatic heterocycles. The van der Waals surface area contributed by atoms with E-state index in [9.17, 15) is 9.59 Å². The van der Waals surface area contributed by atoms with E-state index in [0.29, 0.717) is 16.9 Å². The Labute approximate surface area is 315 Å². The third-order valence-corrected chi connectivity index (χ3v) is 15.6. The highest BCUT2D eigenvalue weighted by atomic mass is 35.5. The van der Waals surface area contributed by atoms with Gasteiger partial charge in [-0.25, -0.2) is 0 Å². The summed E-state index contributed by atoms with van der Waals surface area (Å²) in [6.07, 6.45) is 26.4. The Bertz CT molecular complexity index is 1040. The number of nitrogens with two attached hydrogens (primary N) is 1. The minimum atomic E-state index is -0.133. The number of hydrogen-bond donors (Lipinski definition) is 2. The van der Waals surface area contributed by atoms with Gasteiger partial charge in [0.25, 0.3) is 0 Å². The third kappa shape index (κ3) is 12.1. The molecule has 8 atom stereocenters. The van der Waals surface area contributed by atoms with Crippen molar-refractivity contribution in [2.75, 3.05) is 24.6 Å². The Morgan fingerprint density at radius 2 is 1.57 bits per heavy atom. The van der Waals surface area contributed by atoms with E-state index >= 15 is 0 Å². The van der Waals surface area contributed by atoms with E-state index < -0.39 is 0 Å². The highest BCUT2D eigenvalue weighted by Crippen LogP contribution is 2.67. The molecule has 49 heavy (non-hydrogen) atoms. The summed E-state index contributed by atoms with van der Waals surface area (Å²) in [6.45, 7) is 14.1. The first-order valence-corrected chi connectivity index (χ1v) is 22.7. The second kappa shape index (κ2) is 21.4. The lowest BCUT2D eigenvalue weighted by atomic mass is 9.47. The molecule has 0 aromatic rings. The van der Waals surface area contributed by atoms with Gasteiger partial charge in [0.05, 0.1) is 5.75 Å². The lowest BCUT2D eigenvalue weighted by molar-refractivity contribution is -0.148. The molecule has 4 aliphatic carbocycles. The van der Waals surface area contributed by atoms with Gasteiger partial charge >= 0.3 is 5.97 Å². The molecule has 1 amide bonds. The summed E-state index contributed by atoms with van der Waals surface area (Å²) in [5.41, 5.74) is 7.92. The molecule has 4 rings (SSSR count). The molecule has 3 saturated carbocycles. The molecule has 0 unspecified atom stereocenters. The molecule has 0 bridgehead atoms. The Morgan fingerprint density at radius 3 is 2.29 bits per heavy atom. The molecule has 284 valence electrons. The van der Waals surface area contributed by atoms with Gasteiger partial charge in [-0.1, -0.05) is 126 Å². The van der Waals surface area contributed by atoms with Crippen molar-refractivity contribution < 1.29 is 14.3 Å². The van der Waals surface area contributed by atoms with Gasteiger partial charge < -0.3 is 15.8 Å². The molecule has 0 saturated heterocycles. The number of allylic oxidation sites excluding steroid dienone is 1. The van der Waals surface area contributed by atoms with Gasteiger partial charge in [0, 0.05) is 13.0 Å². The van der Waals surface area contributed by atoms with Gasteiger partial charge in [-0.3, -0.25) is 9.59 Å². The first-order valence-electron chi connectivity index (χ1n) is 20.2. The average molecular weight is 742 g/mol. The fourth-order valence-electron chi connectivity index (χ4n) is 10.8. The Balaban J connectivity index is 0.00000650. The average Bonchev–Trinajstić information content (AvgIpc) is 3.41. The van der Waals surface area contributed by atoms with Crippen molar-refractivity contribution in [2.45, 2.75) is 163 Å². The van der Waals surface area contributed by atoms with E-state index in [0.717, 1.165) is 80.7 Å². The highest BCUT2D eigenvalue weighted by molar-refractivity contribution is 8.77. The molecule has 0 aromatic heterocycles. The molecular formula is C41H73ClN2O3S2. The molecule has 3 N–H and O–H groups in total. The summed E-state index contributed by atoms with van der Waals surface area (Å²) in [4.78, 5) is 25.0. The molecule has 0 spiro atoms. The SMILES string of the molecule is CC(C)CCC[C@@H](C)[C@H]1CC[C@H]2[C@@H]3CC=C4C[C@@H](OC(=O)CSSCC(=O)NCCCCCCCCCCN)CC[C@]4(C)[C@H]3CC[C@]12C.Cl. The standard InChI is InChI=1S/C41H72N2O3S2.ClH/c1-30(2)15-14-16-31(3)35-19-20-36-34-18-17-32-27-33(21-23-40(32,4)37(34)22-24-41(35,36)5)46-39(45)29-48-47-28-38(44)43-26-13-11-9-7-6-8-10-12-25-42;/h17,30-31,33-37H,6-16,18-29,42H2,1-5H3,(H,43,44);1H/t31-,33+,34+,35-,36+,37+,40+,41-;/m1./s1. The second-order valence-electron chi connectivity index (χ2n) is 17.1. The van der Waals surface area contributed by atoms with Crippen LogP contribution in [0.15, 0.2) is 11.6 Å². The first kappa shape index (κ1) is 43.0. The van der Waals surface area contributed by atoms with Gasteiger partial charge in [-0.2, -0.15) is 0 Å². The number of fused-ring (bicyclic) bond motifs is 5. The topological polar surface area (TPSA) is 81.4 Å². The Hall–Kier alpha value is -0.370. The maximum absolute atomic E-state index is 12.8. The molecule has 0 aromatic carbocycles. The number of carbonyl (C=O) groups excluding carboxylic acids is 2. The summed E-state index contributed by atoms with van der Waals surface area (Å²) < 4.78 is 6.02. The van der Waals surface area contributed by atoms with Gasteiger partial charge in [-0.05, 0) is 111 Å². The van der Waals surface area contributed by atoms with Crippen molar-refractivity contribution in [3.05, 3.63) is 11.6 Å². The Morgan fingerprint density at radius 1 is 0.878 bits per heavy atom. The van der Waals surface area contributed by atoms with Gasteiger partial charge in [0.15, 0.2) is 0 Å². The maximum Gasteiger partial charge on any atom is 0.317 e. The van der Waals surface area contributed by atoms with Crippen LogP contribution < -0.4 is 11.1 Å². The molecule has 3 fully saturated rings. The Kier molecular flexibility index (Phi) is 18.8. The first-order chi connectivity index (χ1) is 23.1. The monoisotopic (exact) mass is 740 g/mol. The fourth-order valence-corrected chi connectivity index (χ4v) is 12.4. The van der Waals surface area contributed by atoms with Gasteiger partial charge in [-0.15, -0.1) is 12.4 Å². The van der Waals surface area contributed by atoms with Crippen molar-refractivity contribution in [2.24, 2.45) is 52.1 Å². The van der Waals surface area contributed by atoms with Crippen molar-refractivity contribution in [1.82, 2.24) is 5.32 Å². The lowest BCUT2D eigenvalue weighted by Gasteiger charge is -2.58. The largest absolute Gasteiger partial charge is 0.461 e. The number of hydrogen-bond acceptors (Lipinski definition) is 6. The van der Waals surface area contributed by atoms with E-state index in [1.54, 1.807) is 5.57 Å². The minimum absolute atomic E-state index is 0. The number of amides is 1. The van der Waals surface area contributed by atoms with Crippen LogP contribution in [-0.4, -0.2) is 42.6 Å². The minimum Gasteiger partial charge on any atom is -0.461 e. The summed E-state index contributed by atoms with van der Waals surface area (Å²) in [5, 5.41) is 3.03. The smallest absolute Gasteiger partial charge is 0.317 e. The summed E-state index contributed by atoms with van der Waals surface area (Å²) in [5.74, 6) is 5.68. The van der Waals surface area contributed by atoms with Crippen molar-refractivity contribution in [3.8, 4) is 0 Å². The van der Waals surface area contributed by atoms with Crippen LogP contribution in [-0.2, 0) is 14.3 Å². The number of esters is 1. The van der Waals surface area contributed by atoms with Crippen LogP contribution in [0.3, 0.4) is 0 Å². The van der Waals surface area contributed by atoms with E-state index in [2.05, 4.69) is 46.0 Å². The molecule has 5 nitrogen and oxygen atoms in total. The molecule has 8 heteroatoms. The van der Waals surface area contributed by atoms with Crippen LogP contribution in [0.4, 0.5) is 0 Å². The number of rotatable bonds is 21. The van der Waals surface area contributed by atoms with Crippen LogP contribution in [0, 0.1) is 46.3 Å². The number of carbonyl (C=O) groups is 2. The zero-order chi connectivity index (χ0) is 34.6. The maximum atomic E-state index is 12.8. The van der Waals surface area contributed by atoms with Gasteiger partial charge in [0.2, 0.25) is 5.91 Å². The highest BCUT2D eigenvalue weighted by Gasteiger charge is 2.59. The van der Waals surface area contributed by atoms with E-state index in [1.165, 1.54) is 111 Å². The van der Waals surface area contributed by atoms with Crippen LogP contribution >= 0.6 is 34.0 Å². The van der Waals surface area contributed by atoms with E-state index in [4.69, 9.17) is 10.5 Å². The predicted octanol–water partition coefficient (Wildman–Crippen LogP) is 10.9. The normalized spacial score (nSPS) is 31.2. The number of nitrogens with one attached hydrogen (secondary N) is 1. The fraction of sp³-hybridized carbons (Fsp3) is 0.902. The zero-order valence-corrected chi connectivity index (χ0v) is 34.4. The molecule has 0 heterocycles. The lowest BCUT2D eigenvalue weighted by Crippen LogP contribution is -2.51. The number of ether oxygens (including phenoxy) is 1. The zero-order valence-electron chi connectivity index (χ0n) is 31.9. The number of halogens is 1. The number of unbranched alkanes of at least 4 members (excludes halogenated alkanes) is 7. The predicted molar refractivity (Wildman–Crippen MR) is 214 cm³/mol. The van der Waals surface area contributed by atoms with E-state index in [1.807, 2.05) is 0 Å². The van der Waals surface area contributed by atoms with Crippen molar-refractivity contribution in [1.29, 1.82) is 0 Å². The van der Waals surface area contributed by atoms with Crippen LogP contribution in [0.25, 0.3) is 0 Å². The van der Waals surface area contributed by atoms with Crippen molar-refractivity contribution in [3.63, 3.8) is 0 Å². The molecular weight excluding hydrogens is 668 g/mol. The molecule has 0 radical (unpaired) electrons. The summed E-state index contributed by atoms with van der Waals surface area (Å²) >= 11 is 0. The van der Waals surface area contributed by atoms with Crippen molar-refractivity contribution >= 4 is 45.9 Å².